The van der Waals surface area contributed by atoms with Crippen molar-refractivity contribution in [3.63, 3.8) is 0 Å². The molecule has 1 aliphatic heterocycles. The molecule has 1 heterocycles. The van der Waals surface area contributed by atoms with E-state index in [0.29, 0.717) is 0 Å². The van der Waals surface area contributed by atoms with Crippen LogP contribution >= 0.6 is 0 Å². The Morgan fingerprint density at radius 2 is 1.92 bits per heavy atom. The first-order chi connectivity index (χ1) is 5.88. The minimum atomic E-state index is 0.814. The van der Waals surface area contributed by atoms with E-state index in [1.54, 1.807) is 12.2 Å². The second kappa shape index (κ2) is 4.60. The number of allylic oxidation sites excluding steroid dienone is 5. The van der Waals surface area contributed by atoms with Crippen LogP contribution in [0.15, 0.2) is 48.8 Å². The fraction of sp³-hybridized carbons (Fsp3) is 0.273. The first-order valence-electron chi connectivity index (χ1n) is 4.16. The van der Waals surface area contributed by atoms with Gasteiger partial charge in [-0.1, -0.05) is 31.4 Å². The standard InChI is InChI=1S/C11H14O/c1-3-6-10-8-5-9-12-11(10)7-4-2/h3-4,6-7H,1-2,5,8-9H2/b10-6-,11-7+. The maximum Gasteiger partial charge on any atom is 0.122 e. The predicted octanol–water partition coefficient (Wildman–Crippen LogP) is 2.98. The quantitative estimate of drug-likeness (QED) is 0.606. The van der Waals surface area contributed by atoms with Crippen molar-refractivity contribution in [3.8, 4) is 0 Å². The van der Waals surface area contributed by atoms with Crippen molar-refractivity contribution in [2.24, 2.45) is 0 Å². The molecule has 1 saturated heterocycles. The number of ether oxygens (including phenoxy) is 1. The van der Waals surface area contributed by atoms with Crippen molar-refractivity contribution in [1.29, 1.82) is 0 Å². The SMILES string of the molecule is C=C/C=C1/CCCO/C1=C/C=C. The molecule has 0 aromatic carbocycles. The zero-order valence-corrected chi connectivity index (χ0v) is 7.25. The van der Waals surface area contributed by atoms with Crippen molar-refractivity contribution in [2.75, 3.05) is 6.61 Å². The molecule has 0 aromatic heterocycles. The van der Waals surface area contributed by atoms with E-state index < -0.39 is 0 Å². The molecule has 64 valence electrons. The zero-order valence-electron chi connectivity index (χ0n) is 7.25. The third-order valence-corrected chi connectivity index (χ3v) is 1.75. The molecule has 0 N–H and O–H groups in total. The van der Waals surface area contributed by atoms with E-state index in [1.807, 2.05) is 12.2 Å². The van der Waals surface area contributed by atoms with Crippen molar-refractivity contribution in [3.05, 3.63) is 48.8 Å². The molecule has 1 rings (SSSR count). The summed E-state index contributed by atoms with van der Waals surface area (Å²) in [6.45, 7) is 8.12. The van der Waals surface area contributed by atoms with Crippen molar-refractivity contribution in [1.82, 2.24) is 0 Å². The van der Waals surface area contributed by atoms with Crippen LogP contribution in [0.5, 0.6) is 0 Å². The minimum Gasteiger partial charge on any atom is -0.493 e. The number of hydrogen-bond donors (Lipinski definition) is 0. The van der Waals surface area contributed by atoms with Crippen molar-refractivity contribution in [2.45, 2.75) is 12.8 Å². The van der Waals surface area contributed by atoms with Crippen molar-refractivity contribution < 1.29 is 4.74 Å². The average molecular weight is 162 g/mol. The van der Waals surface area contributed by atoms with Crippen LogP contribution in [0.3, 0.4) is 0 Å². The maximum absolute atomic E-state index is 5.46. The summed E-state index contributed by atoms with van der Waals surface area (Å²) < 4.78 is 5.46. The molecule has 0 aliphatic carbocycles. The van der Waals surface area contributed by atoms with Crippen LogP contribution in [0.25, 0.3) is 0 Å². The van der Waals surface area contributed by atoms with Crippen LogP contribution in [0, 0.1) is 0 Å². The van der Waals surface area contributed by atoms with Gasteiger partial charge in [0.2, 0.25) is 0 Å². The van der Waals surface area contributed by atoms with E-state index in [4.69, 9.17) is 4.74 Å². The largest absolute Gasteiger partial charge is 0.493 e. The highest BCUT2D eigenvalue weighted by molar-refractivity contribution is 5.32. The van der Waals surface area contributed by atoms with Gasteiger partial charge >= 0.3 is 0 Å². The second-order valence-corrected chi connectivity index (χ2v) is 2.65. The molecule has 0 spiro atoms. The molecular formula is C11H14O. The van der Waals surface area contributed by atoms with Gasteiger partial charge in [0.25, 0.3) is 0 Å². The highest BCUT2D eigenvalue weighted by Gasteiger charge is 2.10. The second-order valence-electron chi connectivity index (χ2n) is 2.65. The summed E-state index contributed by atoms with van der Waals surface area (Å²) in [5.41, 5.74) is 1.22. The lowest BCUT2D eigenvalue weighted by Gasteiger charge is -2.18. The zero-order chi connectivity index (χ0) is 8.81. The van der Waals surface area contributed by atoms with Crippen LogP contribution in [-0.2, 0) is 4.74 Å². The summed E-state index contributed by atoms with van der Waals surface area (Å²) in [4.78, 5) is 0. The Hall–Kier alpha value is -1.24. The van der Waals surface area contributed by atoms with Gasteiger partial charge in [0.1, 0.15) is 5.76 Å². The van der Waals surface area contributed by atoms with Crippen LogP contribution in [0.4, 0.5) is 0 Å². The van der Waals surface area contributed by atoms with Gasteiger partial charge in [0.05, 0.1) is 6.61 Å². The number of rotatable bonds is 2. The highest BCUT2D eigenvalue weighted by atomic mass is 16.5. The monoisotopic (exact) mass is 162 g/mol. The van der Waals surface area contributed by atoms with Crippen LogP contribution in [0.2, 0.25) is 0 Å². The van der Waals surface area contributed by atoms with Gasteiger partial charge in [-0.2, -0.15) is 0 Å². The third-order valence-electron chi connectivity index (χ3n) is 1.75. The van der Waals surface area contributed by atoms with Crippen LogP contribution in [-0.4, -0.2) is 6.61 Å². The molecule has 0 radical (unpaired) electrons. The Bertz CT molecular complexity index is 207. The Morgan fingerprint density at radius 1 is 1.17 bits per heavy atom. The van der Waals surface area contributed by atoms with E-state index in [9.17, 15) is 0 Å². The van der Waals surface area contributed by atoms with Gasteiger partial charge in [-0.3, -0.25) is 0 Å². The summed E-state index contributed by atoms with van der Waals surface area (Å²) in [6.07, 6.45) is 9.60. The van der Waals surface area contributed by atoms with E-state index in [-0.39, 0.29) is 0 Å². The molecule has 1 aliphatic rings. The van der Waals surface area contributed by atoms with Gasteiger partial charge in [-0.15, -0.1) is 0 Å². The van der Waals surface area contributed by atoms with Gasteiger partial charge in [0.15, 0.2) is 0 Å². The normalized spacial score (nSPS) is 23.7. The third kappa shape index (κ3) is 2.12. The Kier molecular flexibility index (Phi) is 3.39. The average Bonchev–Trinajstić information content (AvgIpc) is 2.09. The van der Waals surface area contributed by atoms with Crippen LogP contribution in [0.1, 0.15) is 12.8 Å². The lowest BCUT2D eigenvalue weighted by Crippen LogP contribution is -2.05. The van der Waals surface area contributed by atoms with E-state index >= 15 is 0 Å². The van der Waals surface area contributed by atoms with Gasteiger partial charge in [-0.25, -0.2) is 0 Å². The molecule has 0 unspecified atom stereocenters. The first kappa shape index (κ1) is 8.85. The molecule has 1 nitrogen and oxygen atoms in total. The highest BCUT2D eigenvalue weighted by Crippen LogP contribution is 2.23. The van der Waals surface area contributed by atoms with E-state index in [2.05, 4.69) is 13.2 Å². The number of hydrogen-bond acceptors (Lipinski definition) is 1. The van der Waals surface area contributed by atoms with Gasteiger partial charge in [-0.05, 0) is 24.5 Å². The molecule has 0 bridgehead atoms. The Labute approximate surface area is 73.7 Å². The lowest BCUT2D eigenvalue weighted by atomic mass is 10.1. The maximum atomic E-state index is 5.46. The topological polar surface area (TPSA) is 9.23 Å². The van der Waals surface area contributed by atoms with E-state index in [1.165, 1.54) is 5.57 Å². The summed E-state index contributed by atoms with van der Waals surface area (Å²) in [5.74, 6) is 0.941. The van der Waals surface area contributed by atoms with E-state index in [0.717, 1.165) is 25.2 Å². The molecule has 1 fully saturated rings. The fourth-order valence-corrected chi connectivity index (χ4v) is 1.23. The summed E-state index contributed by atoms with van der Waals surface area (Å²) >= 11 is 0. The molecule has 0 atom stereocenters. The first-order valence-corrected chi connectivity index (χ1v) is 4.16. The minimum absolute atomic E-state index is 0.814. The van der Waals surface area contributed by atoms with Gasteiger partial charge < -0.3 is 4.74 Å². The fourth-order valence-electron chi connectivity index (χ4n) is 1.23. The van der Waals surface area contributed by atoms with Crippen molar-refractivity contribution >= 4 is 0 Å². The molecule has 0 aromatic rings. The molecule has 0 amide bonds. The Morgan fingerprint density at radius 3 is 2.58 bits per heavy atom. The summed E-state index contributed by atoms with van der Waals surface area (Å²) in [5, 5.41) is 0. The predicted molar refractivity (Wildman–Crippen MR) is 51.7 cm³/mol. The summed E-state index contributed by atoms with van der Waals surface area (Å²) in [7, 11) is 0. The molecular weight excluding hydrogens is 148 g/mol. The smallest absolute Gasteiger partial charge is 0.122 e. The molecule has 0 saturated carbocycles. The molecule has 1 heteroatoms. The lowest BCUT2D eigenvalue weighted by molar-refractivity contribution is 0.194. The molecule has 12 heavy (non-hydrogen) atoms. The van der Waals surface area contributed by atoms with Gasteiger partial charge in [0, 0.05) is 0 Å². The summed E-state index contributed by atoms with van der Waals surface area (Å²) in [6, 6.07) is 0. The van der Waals surface area contributed by atoms with Crippen LogP contribution < -0.4 is 0 Å². The Balaban J connectivity index is 2.80.